The Bertz CT molecular complexity index is 196. The number of rotatable bonds is 0. The molecule has 1 saturated heterocycles. The summed E-state index contributed by atoms with van der Waals surface area (Å²) in [6, 6.07) is 0. The molecule has 0 aromatic carbocycles. The third kappa shape index (κ3) is 2.15. The van der Waals surface area contributed by atoms with Gasteiger partial charge in [-0.3, -0.25) is 0 Å². The van der Waals surface area contributed by atoms with Crippen LogP contribution in [0.2, 0.25) is 0 Å². The van der Waals surface area contributed by atoms with Crippen LogP contribution in [0.15, 0.2) is 0 Å². The molecule has 0 aromatic heterocycles. The molecule has 1 atom stereocenters. The van der Waals surface area contributed by atoms with Crippen molar-refractivity contribution >= 4 is 10.3 Å². The molecule has 0 bridgehead atoms. The molecule has 0 radical (unpaired) electrons. The fourth-order valence-corrected chi connectivity index (χ4v) is 2.08. The van der Waals surface area contributed by atoms with E-state index >= 15 is 0 Å². The van der Waals surface area contributed by atoms with Crippen molar-refractivity contribution in [1.82, 2.24) is 5.32 Å². The second-order valence-corrected chi connectivity index (χ2v) is 4.31. The number of hydrogen-bond donors (Lipinski definition) is 1. The SMILES string of the molecule is C#[S-]([C@@H]1CCNC1)C(F)(F)F. The Kier molecular flexibility index (Phi) is 2.52. The molecule has 0 saturated carbocycles. The summed E-state index contributed by atoms with van der Waals surface area (Å²) in [6.07, 6.45) is 0.541. The largest absolute Gasteiger partial charge is 0.355 e. The van der Waals surface area contributed by atoms with Crippen molar-refractivity contribution in [3.63, 3.8) is 0 Å². The summed E-state index contributed by atoms with van der Waals surface area (Å²) < 4.78 is 35.9. The summed E-state index contributed by atoms with van der Waals surface area (Å²) >= 11 is 0. The predicted molar refractivity (Wildman–Crippen MR) is 39.6 cm³/mol. The molecule has 0 amide bonds. The van der Waals surface area contributed by atoms with Crippen molar-refractivity contribution in [2.24, 2.45) is 0 Å². The molecular formula is C6H9F3NS-. The Morgan fingerprint density at radius 2 is 2.09 bits per heavy atom. The first kappa shape index (κ1) is 8.97. The summed E-state index contributed by atoms with van der Waals surface area (Å²) in [5, 5.41) is 2.44. The van der Waals surface area contributed by atoms with E-state index in [0.717, 1.165) is 0 Å². The smallest absolute Gasteiger partial charge is 0.318 e. The zero-order valence-electron chi connectivity index (χ0n) is 5.82. The van der Waals surface area contributed by atoms with E-state index in [1.54, 1.807) is 0 Å². The van der Waals surface area contributed by atoms with Crippen LogP contribution in [0.3, 0.4) is 0 Å². The van der Waals surface area contributed by atoms with Gasteiger partial charge >= 0.3 is 5.51 Å². The van der Waals surface area contributed by atoms with Crippen molar-refractivity contribution in [3.8, 4) is 5.69 Å². The molecule has 1 aliphatic rings. The van der Waals surface area contributed by atoms with Crippen LogP contribution in [0, 0.1) is 5.69 Å². The van der Waals surface area contributed by atoms with Crippen molar-refractivity contribution in [2.75, 3.05) is 13.1 Å². The minimum atomic E-state index is -4.21. The van der Waals surface area contributed by atoms with Gasteiger partial charge in [0.2, 0.25) is 0 Å². The Hall–Kier alpha value is -0.120. The van der Waals surface area contributed by atoms with E-state index in [0.29, 0.717) is 19.5 Å². The Labute approximate surface area is 65.5 Å². The molecule has 5 heteroatoms. The first-order chi connectivity index (χ1) is 5.02. The predicted octanol–water partition coefficient (Wildman–Crippen LogP) is 1.08. The lowest BCUT2D eigenvalue weighted by atomic mass is 10.4. The fraction of sp³-hybridized carbons (Fsp3) is 0.833. The third-order valence-electron chi connectivity index (χ3n) is 1.64. The molecule has 1 heterocycles. The van der Waals surface area contributed by atoms with Gasteiger partial charge in [-0.15, -0.1) is 5.25 Å². The Morgan fingerprint density at radius 3 is 2.45 bits per heavy atom. The second kappa shape index (κ2) is 3.09. The maximum Gasteiger partial charge on any atom is 0.318 e. The highest BCUT2D eigenvalue weighted by Crippen LogP contribution is 2.24. The number of alkyl halides is 3. The lowest BCUT2D eigenvalue weighted by Crippen LogP contribution is -2.27. The zero-order valence-corrected chi connectivity index (χ0v) is 6.63. The van der Waals surface area contributed by atoms with Crippen molar-refractivity contribution in [3.05, 3.63) is 0 Å². The minimum absolute atomic E-state index is 0.402. The summed E-state index contributed by atoms with van der Waals surface area (Å²) in [6.45, 7) is 1.06. The van der Waals surface area contributed by atoms with Gasteiger partial charge in [-0.2, -0.15) is 13.2 Å². The van der Waals surface area contributed by atoms with Crippen molar-refractivity contribution < 1.29 is 13.2 Å². The van der Waals surface area contributed by atoms with Crippen LogP contribution in [0.4, 0.5) is 13.2 Å². The molecule has 0 aromatic rings. The number of nitrogens with one attached hydrogen (secondary N) is 1. The molecule has 1 fully saturated rings. The molecule has 0 unspecified atom stereocenters. The maximum absolute atomic E-state index is 12.0. The molecule has 1 aliphatic heterocycles. The standard InChI is InChI=1S/C6H9F3NS/c1-11(6(7,8)9)5-2-3-10-4-5/h1,5,10H,2-4H2/q-1/t5-/m1/s1. The van der Waals surface area contributed by atoms with Crippen LogP contribution in [-0.4, -0.2) is 23.8 Å². The normalized spacial score (nSPS) is 26.3. The van der Waals surface area contributed by atoms with Gasteiger partial charge in [-0.05, 0) is 13.1 Å². The van der Waals surface area contributed by atoms with E-state index in [1.807, 2.05) is 0 Å². The monoisotopic (exact) mass is 184 g/mol. The summed E-state index contributed by atoms with van der Waals surface area (Å²) in [5.74, 6) is 0. The van der Waals surface area contributed by atoms with Gasteiger partial charge in [0.05, 0.1) is 0 Å². The molecule has 0 aliphatic carbocycles. The van der Waals surface area contributed by atoms with Gasteiger partial charge in [0.1, 0.15) is 0 Å². The van der Waals surface area contributed by atoms with Crippen molar-refractivity contribution in [1.29, 1.82) is 0 Å². The van der Waals surface area contributed by atoms with Gasteiger partial charge in [0.15, 0.2) is 0 Å². The molecule has 1 rings (SSSR count). The topological polar surface area (TPSA) is 12.0 Å². The molecule has 1 nitrogen and oxygen atoms in total. The highest BCUT2D eigenvalue weighted by Gasteiger charge is 2.23. The van der Waals surface area contributed by atoms with Gasteiger partial charge in [0, 0.05) is 0 Å². The Morgan fingerprint density at radius 1 is 1.45 bits per heavy atom. The number of halogens is 3. The van der Waals surface area contributed by atoms with Crippen molar-refractivity contribution in [2.45, 2.75) is 17.2 Å². The van der Waals surface area contributed by atoms with Crippen LogP contribution >= 0.6 is 0 Å². The van der Waals surface area contributed by atoms with E-state index < -0.39 is 21.1 Å². The van der Waals surface area contributed by atoms with Crippen LogP contribution in [-0.2, 0) is 10.3 Å². The highest BCUT2D eigenvalue weighted by molar-refractivity contribution is 7.87. The first-order valence-electron chi connectivity index (χ1n) is 3.27. The van der Waals surface area contributed by atoms with E-state index in [-0.39, 0.29) is 0 Å². The van der Waals surface area contributed by atoms with E-state index in [1.165, 1.54) is 0 Å². The van der Waals surface area contributed by atoms with Gasteiger partial charge < -0.3 is 21.3 Å². The minimum Gasteiger partial charge on any atom is -0.355 e. The van der Waals surface area contributed by atoms with E-state index in [2.05, 4.69) is 5.32 Å². The van der Waals surface area contributed by atoms with Crippen LogP contribution < -0.4 is 5.32 Å². The van der Waals surface area contributed by atoms with E-state index in [4.69, 9.17) is 5.69 Å². The summed E-state index contributed by atoms with van der Waals surface area (Å²) in [5.41, 5.74) is 0.807. The second-order valence-electron chi connectivity index (χ2n) is 2.43. The average molecular weight is 184 g/mol. The van der Waals surface area contributed by atoms with E-state index in [9.17, 15) is 13.2 Å². The van der Waals surface area contributed by atoms with Crippen LogP contribution in [0.25, 0.3) is 0 Å². The summed E-state index contributed by atoms with van der Waals surface area (Å²) in [4.78, 5) is 0. The third-order valence-corrected chi connectivity index (χ3v) is 3.30. The maximum atomic E-state index is 12.0. The average Bonchev–Trinajstić information content (AvgIpc) is 2.34. The zero-order chi connectivity index (χ0) is 8.48. The van der Waals surface area contributed by atoms with Gasteiger partial charge in [-0.1, -0.05) is 6.42 Å². The molecule has 1 N–H and O–H groups in total. The lowest BCUT2D eigenvalue weighted by molar-refractivity contribution is -0.0352. The number of hydrogen-bond acceptors (Lipinski definition) is 2. The van der Waals surface area contributed by atoms with Crippen LogP contribution in [0.1, 0.15) is 6.42 Å². The fourth-order valence-electron chi connectivity index (χ4n) is 1.03. The van der Waals surface area contributed by atoms with Crippen LogP contribution in [0.5, 0.6) is 0 Å². The first-order valence-corrected chi connectivity index (χ1v) is 4.62. The lowest BCUT2D eigenvalue weighted by Gasteiger charge is -2.27. The quantitative estimate of drug-likeness (QED) is 0.555. The summed E-state index contributed by atoms with van der Waals surface area (Å²) in [7, 11) is -1.93. The Balaban J connectivity index is 2.56. The molecule has 66 valence electrons. The molecule has 11 heavy (non-hydrogen) atoms. The van der Waals surface area contributed by atoms with Gasteiger partial charge in [-0.25, -0.2) is 0 Å². The molecular weight excluding hydrogens is 175 g/mol. The highest BCUT2D eigenvalue weighted by atomic mass is 32.2. The van der Waals surface area contributed by atoms with Gasteiger partial charge in [0.25, 0.3) is 0 Å². The molecule has 0 spiro atoms.